The number of nitrogens with one attached hydrogen (secondary N) is 1. The molecule has 0 aliphatic rings. The van der Waals surface area contributed by atoms with Crippen LogP contribution in [0.4, 0.5) is 0 Å². The standard InChI is InChI=1S/C14H23NO/c1-5-14(3,11-15-4)16-12(2)13-9-7-6-8-10-13/h6-10,12,15H,5,11H2,1-4H3. The minimum Gasteiger partial charge on any atom is -0.366 e. The molecule has 0 aromatic heterocycles. The van der Waals surface area contributed by atoms with Crippen molar-refractivity contribution >= 4 is 0 Å². The van der Waals surface area contributed by atoms with Gasteiger partial charge in [0.05, 0.1) is 11.7 Å². The Hall–Kier alpha value is -0.860. The van der Waals surface area contributed by atoms with Crippen LogP contribution in [-0.4, -0.2) is 19.2 Å². The fourth-order valence-electron chi connectivity index (χ4n) is 1.84. The van der Waals surface area contributed by atoms with Crippen molar-refractivity contribution in [2.75, 3.05) is 13.6 Å². The van der Waals surface area contributed by atoms with Crippen LogP contribution in [0.15, 0.2) is 30.3 Å². The smallest absolute Gasteiger partial charge is 0.0804 e. The number of hydrogen-bond donors (Lipinski definition) is 1. The van der Waals surface area contributed by atoms with Crippen LogP contribution in [-0.2, 0) is 4.74 Å². The molecule has 0 fully saturated rings. The van der Waals surface area contributed by atoms with E-state index in [1.165, 1.54) is 5.56 Å². The maximum atomic E-state index is 6.15. The van der Waals surface area contributed by atoms with E-state index in [1.807, 2.05) is 13.1 Å². The summed E-state index contributed by atoms with van der Waals surface area (Å²) in [5.41, 5.74) is 1.14. The summed E-state index contributed by atoms with van der Waals surface area (Å²) in [7, 11) is 1.96. The Balaban J connectivity index is 2.65. The van der Waals surface area contributed by atoms with Gasteiger partial charge in [0.25, 0.3) is 0 Å². The topological polar surface area (TPSA) is 21.3 Å². The van der Waals surface area contributed by atoms with Crippen molar-refractivity contribution in [2.45, 2.75) is 38.9 Å². The first kappa shape index (κ1) is 13.2. The van der Waals surface area contributed by atoms with E-state index in [2.05, 4.69) is 50.4 Å². The van der Waals surface area contributed by atoms with Crippen molar-refractivity contribution in [1.82, 2.24) is 5.32 Å². The fourth-order valence-corrected chi connectivity index (χ4v) is 1.84. The number of benzene rings is 1. The number of hydrogen-bond acceptors (Lipinski definition) is 2. The van der Waals surface area contributed by atoms with Gasteiger partial charge in [-0.15, -0.1) is 0 Å². The van der Waals surface area contributed by atoms with Gasteiger partial charge in [0.1, 0.15) is 0 Å². The molecule has 0 radical (unpaired) electrons. The predicted molar refractivity (Wildman–Crippen MR) is 68.6 cm³/mol. The SMILES string of the molecule is CCC(C)(CNC)OC(C)c1ccccc1. The van der Waals surface area contributed by atoms with Crippen LogP contribution < -0.4 is 5.32 Å². The zero-order valence-electron chi connectivity index (χ0n) is 10.8. The minimum absolute atomic E-state index is 0.0932. The predicted octanol–water partition coefficient (Wildman–Crippen LogP) is 3.15. The van der Waals surface area contributed by atoms with E-state index in [-0.39, 0.29) is 11.7 Å². The molecule has 2 atom stereocenters. The first-order chi connectivity index (χ1) is 7.61. The molecule has 2 unspecified atom stereocenters. The first-order valence-electron chi connectivity index (χ1n) is 5.98. The molecule has 0 spiro atoms. The van der Waals surface area contributed by atoms with E-state index >= 15 is 0 Å². The van der Waals surface area contributed by atoms with Crippen molar-refractivity contribution in [3.63, 3.8) is 0 Å². The molecule has 1 aromatic carbocycles. The zero-order valence-corrected chi connectivity index (χ0v) is 10.8. The summed E-state index contributed by atoms with van der Waals surface area (Å²) in [5, 5.41) is 3.19. The lowest BCUT2D eigenvalue weighted by molar-refractivity contribution is -0.0772. The summed E-state index contributed by atoms with van der Waals surface area (Å²) in [5.74, 6) is 0. The van der Waals surface area contributed by atoms with Gasteiger partial charge < -0.3 is 10.1 Å². The second-order valence-electron chi connectivity index (χ2n) is 4.50. The monoisotopic (exact) mass is 221 g/mol. The third kappa shape index (κ3) is 3.62. The van der Waals surface area contributed by atoms with Crippen LogP contribution in [0.1, 0.15) is 38.9 Å². The Morgan fingerprint density at radius 2 is 1.94 bits per heavy atom. The Morgan fingerprint density at radius 3 is 2.44 bits per heavy atom. The first-order valence-corrected chi connectivity index (χ1v) is 5.98. The van der Waals surface area contributed by atoms with Gasteiger partial charge in [0.2, 0.25) is 0 Å². The molecule has 0 amide bonds. The lowest BCUT2D eigenvalue weighted by Gasteiger charge is -2.32. The summed E-state index contributed by atoms with van der Waals surface area (Å²) in [4.78, 5) is 0. The van der Waals surface area contributed by atoms with Crippen molar-refractivity contribution in [2.24, 2.45) is 0 Å². The van der Waals surface area contributed by atoms with Crippen LogP contribution in [0.3, 0.4) is 0 Å². The van der Waals surface area contributed by atoms with Gasteiger partial charge in [0.15, 0.2) is 0 Å². The van der Waals surface area contributed by atoms with E-state index in [1.54, 1.807) is 0 Å². The summed E-state index contributed by atoms with van der Waals surface area (Å²) in [6, 6.07) is 10.4. The van der Waals surface area contributed by atoms with Crippen LogP contribution in [0.2, 0.25) is 0 Å². The van der Waals surface area contributed by atoms with Gasteiger partial charge in [-0.3, -0.25) is 0 Å². The Bertz CT molecular complexity index is 299. The molecule has 2 heteroatoms. The van der Waals surface area contributed by atoms with E-state index in [4.69, 9.17) is 4.74 Å². The molecule has 0 aliphatic carbocycles. The van der Waals surface area contributed by atoms with Crippen LogP contribution in [0, 0.1) is 0 Å². The van der Waals surface area contributed by atoms with E-state index in [9.17, 15) is 0 Å². The van der Waals surface area contributed by atoms with Gasteiger partial charge in [0, 0.05) is 6.54 Å². The molecule has 1 rings (SSSR count). The normalized spacial score (nSPS) is 16.8. The molecular formula is C14H23NO. The summed E-state index contributed by atoms with van der Waals surface area (Å²) in [6.07, 6.45) is 1.14. The molecule has 0 heterocycles. The second-order valence-corrected chi connectivity index (χ2v) is 4.50. The van der Waals surface area contributed by atoms with Gasteiger partial charge in [-0.1, -0.05) is 37.3 Å². The quantitative estimate of drug-likeness (QED) is 0.796. The lowest BCUT2D eigenvalue weighted by Crippen LogP contribution is -2.39. The summed E-state index contributed by atoms with van der Waals surface area (Å²) < 4.78 is 6.15. The summed E-state index contributed by atoms with van der Waals surface area (Å²) >= 11 is 0. The van der Waals surface area contributed by atoms with Crippen LogP contribution >= 0.6 is 0 Å². The van der Waals surface area contributed by atoms with Crippen molar-refractivity contribution in [3.05, 3.63) is 35.9 Å². The molecule has 0 saturated heterocycles. The van der Waals surface area contributed by atoms with E-state index in [0.29, 0.717) is 0 Å². The molecule has 2 nitrogen and oxygen atoms in total. The lowest BCUT2D eigenvalue weighted by atomic mass is 10.0. The van der Waals surface area contributed by atoms with Crippen LogP contribution in [0.25, 0.3) is 0 Å². The highest BCUT2D eigenvalue weighted by molar-refractivity contribution is 5.17. The average Bonchev–Trinajstić information content (AvgIpc) is 2.30. The third-order valence-corrected chi connectivity index (χ3v) is 3.03. The van der Waals surface area contributed by atoms with E-state index < -0.39 is 0 Å². The highest BCUT2D eigenvalue weighted by Gasteiger charge is 2.24. The summed E-state index contributed by atoms with van der Waals surface area (Å²) in [6.45, 7) is 7.30. The molecule has 90 valence electrons. The van der Waals surface area contributed by atoms with Gasteiger partial charge in [-0.05, 0) is 32.9 Å². The minimum atomic E-state index is -0.0932. The maximum Gasteiger partial charge on any atom is 0.0804 e. The Morgan fingerprint density at radius 1 is 1.31 bits per heavy atom. The van der Waals surface area contributed by atoms with Gasteiger partial charge in [-0.2, -0.15) is 0 Å². The van der Waals surface area contributed by atoms with Crippen molar-refractivity contribution < 1.29 is 4.74 Å². The van der Waals surface area contributed by atoms with E-state index in [0.717, 1.165) is 13.0 Å². The number of likely N-dealkylation sites (N-methyl/N-ethyl adjacent to an activating group) is 1. The molecular weight excluding hydrogens is 198 g/mol. The molecule has 0 bridgehead atoms. The maximum absolute atomic E-state index is 6.15. The second kappa shape index (κ2) is 6.02. The molecule has 0 aliphatic heterocycles. The van der Waals surface area contributed by atoms with Gasteiger partial charge in [-0.25, -0.2) is 0 Å². The molecule has 1 aromatic rings. The molecule has 0 saturated carbocycles. The third-order valence-electron chi connectivity index (χ3n) is 3.03. The van der Waals surface area contributed by atoms with Crippen LogP contribution in [0.5, 0.6) is 0 Å². The molecule has 16 heavy (non-hydrogen) atoms. The Labute approximate surface area is 99.0 Å². The average molecular weight is 221 g/mol. The largest absolute Gasteiger partial charge is 0.366 e. The highest BCUT2D eigenvalue weighted by Crippen LogP contribution is 2.25. The highest BCUT2D eigenvalue weighted by atomic mass is 16.5. The van der Waals surface area contributed by atoms with Crippen molar-refractivity contribution in [1.29, 1.82) is 0 Å². The number of ether oxygens (including phenoxy) is 1. The Kier molecular flexibility index (Phi) is 4.97. The van der Waals surface area contributed by atoms with Gasteiger partial charge >= 0.3 is 0 Å². The number of rotatable bonds is 6. The fraction of sp³-hybridized carbons (Fsp3) is 0.571. The zero-order chi connectivity index (χ0) is 12.0. The molecule has 1 N–H and O–H groups in total. The van der Waals surface area contributed by atoms with Crippen molar-refractivity contribution in [3.8, 4) is 0 Å².